The Bertz CT molecular complexity index is 627. The number of rotatable bonds is 6. The van der Waals surface area contributed by atoms with Crippen LogP contribution >= 0.6 is 11.8 Å². The van der Waals surface area contributed by atoms with Gasteiger partial charge in [-0.1, -0.05) is 47.7 Å². The van der Waals surface area contributed by atoms with E-state index in [4.69, 9.17) is 0 Å². The summed E-state index contributed by atoms with van der Waals surface area (Å²) < 4.78 is 2.25. The molecule has 5 heteroatoms. The molecule has 2 heterocycles. The molecule has 0 saturated carbocycles. The number of thioether (sulfide) groups is 1. The second kappa shape index (κ2) is 7.11. The molecule has 1 aliphatic rings. The van der Waals surface area contributed by atoms with Crippen LogP contribution in [-0.4, -0.2) is 27.1 Å². The van der Waals surface area contributed by atoms with E-state index in [9.17, 15) is 0 Å². The molecule has 0 amide bonds. The molecular weight excluding hydrogens is 292 g/mol. The Balaban J connectivity index is 1.88. The molecule has 4 nitrogen and oxygen atoms in total. The van der Waals surface area contributed by atoms with Crippen molar-refractivity contribution in [2.45, 2.75) is 37.5 Å². The lowest BCUT2D eigenvalue weighted by molar-refractivity contribution is 0.550. The number of nitrogens with one attached hydrogen (secondary N) is 1. The maximum absolute atomic E-state index is 4.46. The van der Waals surface area contributed by atoms with Crippen molar-refractivity contribution in [1.82, 2.24) is 20.1 Å². The summed E-state index contributed by atoms with van der Waals surface area (Å²) in [6.45, 7) is 7.79. The van der Waals surface area contributed by atoms with Crippen LogP contribution in [-0.2, 0) is 6.54 Å². The van der Waals surface area contributed by atoms with Gasteiger partial charge in [-0.3, -0.25) is 0 Å². The Morgan fingerprint density at radius 3 is 2.86 bits per heavy atom. The second-order valence-electron chi connectivity index (χ2n) is 5.66. The molecule has 1 aromatic carbocycles. The van der Waals surface area contributed by atoms with E-state index in [1.165, 1.54) is 17.5 Å². The van der Waals surface area contributed by atoms with Crippen LogP contribution in [0.1, 0.15) is 35.8 Å². The quantitative estimate of drug-likeness (QED) is 0.656. The summed E-state index contributed by atoms with van der Waals surface area (Å²) in [6.07, 6.45) is 4.25. The minimum absolute atomic E-state index is 0.330. The fourth-order valence-electron chi connectivity index (χ4n) is 2.73. The van der Waals surface area contributed by atoms with Gasteiger partial charge in [-0.25, -0.2) is 0 Å². The Labute approximate surface area is 136 Å². The van der Waals surface area contributed by atoms with Crippen LogP contribution in [0.25, 0.3) is 0 Å². The number of aromatic nitrogens is 3. The zero-order chi connectivity index (χ0) is 15.4. The average Bonchev–Trinajstić information content (AvgIpc) is 3.17. The zero-order valence-corrected chi connectivity index (χ0v) is 13.8. The van der Waals surface area contributed by atoms with E-state index in [0.717, 1.165) is 36.2 Å². The predicted octanol–water partition coefficient (Wildman–Crippen LogP) is 3.34. The van der Waals surface area contributed by atoms with Gasteiger partial charge in [-0.05, 0) is 31.9 Å². The summed E-state index contributed by atoms with van der Waals surface area (Å²) >= 11 is 1.69. The topological polar surface area (TPSA) is 42.7 Å². The Morgan fingerprint density at radius 2 is 2.18 bits per heavy atom. The molecule has 1 unspecified atom stereocenters. The molecule has 22 heavy (non-hydrogen) atoms. The minimum Gasteiger partial charge on any atom is -0.307 e. The molecule has 0 aliphatic carbocycles. The van der Waals surface area contributed by atoms with Crippen molar-refractivity contribution in [3.63, 3.8) is 0 Å². The van der Waals surface area contributed by atoms with Crippen LogP contribution < -0.4 is 5.32 Å². The van der Waals surface area contributed by atoms with Crippen LogP contribution in [0.2, 0.25) is 0 Å². The number of benzene rings is 1. The van der Waals surface area contributed by atoms with Crippen LogP contribution in [0.15, 0.2) is 42.1 Å². The molecule has 2 aromatic rings. The highest BCUT2D eigenvalue weighted by Crippen LogP contribution is 2.26. The van der Waals surface area contributed by atoms with Crippen molar-refractivity contribution in [2.75, 3.05) is 12.3 Å². The van der Waals surface area contributed by atoms with Crippen LogP contribution in [0, 0.1) is 6.92 Å². The number of hydrogen-bond acceptors (Lipinski definition) is 4. The van der Waals surface area contributed by atoms with E-state index in [-0.39, 0.29) is 0 Å². The van der Waals surface area contributed by atoms with Crippen molar-refractivity contribution in [3.05, 3.63) is 53.9 Å². The molecule has 1 aliphatic heterocycles. The lowest BCUT2D eigenvalue weighted by atomic mass is 10.1. The van der Waals surface area contributed by atoms with Gasteiger partial charge in [0, 0.05) is 5.75 Å². The van der Waals surface area contributed by atoms with Crippen LogP contribution in [0.4, 0.5) is 0 Å². The smallest absolute Gasteiger partial charge is 0.191 e. The molecule has 0 spiro atoms. The third-order valence-electron chi connectivity index (χ3n) is 3.91. The van der Waals surface area contributed by atoms with Crippen molar-refractivity contribution >= 4 is 11.8 Å². The first kappa shape index (κ1) is 15.3. The Morgan fingerprint density at radius 1 is 1.36 bits per heavy atom. The van der Waals surface area contributed by atoms with Crippen molar-refractivity contribution in [1.29, 1.82) is 0 Å². The first-order chi connectivity index (χ1) is 10.8. The standard InChI is InChI=1S/C17H22N4S/c1-3-11-22-17-20-19-16(15-5-4-10-18-15)21(17)12-14-8-6-13(2)7-9-14/h3,6-9,15,18H,1,4-5,10-12H2,2H3. The number of aryl methyl sites for hydroxylation is 1. The fourth-order valence-corrected chi connectivity index (χ4v) is 3.41. The molecule has 0 bridgehead atoms. The first-order valence-electron chi connectivity index (χ1n) is 7.73. The Hall–Kier alpha value is -1.59. The summed E-state index contributed by atoms with van der Waals surface area (Å²) in [6, 6.07) is 9.01. The molecule has 116 valence electrons. The van der Waals surface area contributed by atoms with Gasteiger partial charge in [0.15, 0.2) is 11.0 Å². The van der Waals surface area contributed by atoms with Crippen molar-refractivity contribution in [2.24, 2.45) is 0 Å². The molecule has 3 rings (SSSR count). The maximum Gasteiger partial charge on any atom is 0.191 e. The van der Waals surface area contributed by atoms with Gasteiger partial charge in [-0.15, -0.1) is 16.8 Å². The number of nitrogens with zero attached hydrogens (tertiary/aromatic N) is 3. The summed E-state index contributed by atoms with van der Waals surface area (Å²) in [7, 11) is 0. The van der Waals surface area contributed by atoms with E-state index in [0.29, 0.717) is 6.04 Å². The molecular formula is C17H22N4S. The number of hydrogen-bond donors (Lipinski definition) is 1. The van der Waals surface area contributed by atoms with E-state index in [2.05, 4.69) is 57.8 Å². The fraction of sp³-hybridized carbons (Fsp3) is 0.412. The van der Waals surface area contributed by atoms with Gasteiger partial charge >= 0.3 is 0 Å². The highest BCUT2D eigenvalue weighted by molar-refractivity contribution is 7.99. The van der Waals surface area contributed by atoms with E-state index in [1.54, 1.807) is 11.8 Å². The lowest BCUT2D eigenvalue weighted by Gasteiger charge is -2.14. The molecule has 1 fully saturated rings. The van der Waals surface area contributed by atoms with Gasteiger partial charge in [0.1, 0.15) is 0 Å². The van der Waals surface area contributed by atoms with Crippen molar-refractivity contribution < 1.29 is 0 Å². The predicted molar refractivity (Wildman–Crippen MR) is 91.2 cm³/mol. The van der Waals surface area contributed by atoms with Gasteiger partial charge in [-0.2, -0.15) is 0 Å². The summed E-state index contributed by atoms with van der Waals surface area (Å²) in [5, 5.41) is 13.4. The van der Waals surface area contributed by atoms with E-state index >= 15 is 0 Å². The molecule has 1 atom stereocenters. The minimum atomic E-state index is 0.330. The monoisotopic (exact) mass is 314 g/mol. The van der Waals surface area contributed by atoms with Crippen molar-refractivity contribution in [3.8, 4) is 0 Å². The zero-order valence-electron chi connectivity index (χ0n) is 13.0. The molecule has 1 saturated heterocycles. The largest absolute Gasteiger partial charge is 0.307 e. The Kier molecular flexibility index (Phi) is 4.95. The van der Waals surface area contributed by atoms with Crippen LogP contribution in [0.5, 0.6) is 0 Å². The third kappa shape index (κ3) is 3.42. The average molecular weight is 314 g/mol. The normalized spacial score (nSPS) is 17.8. The van der Waals surface area contributed by atoms with E-state index < -0.39 is 0 Å². The lowest BCUT2D eigenvalue weighted by Crippen LogP contribution is -2.19. The third-order valence-corrected chi connectivity index (χ3v) is 4.87. The van der Waals surface area contributed by atoms with Gasteiger partial charge in [0.25, 0.3) is 0 Å². The summed E-state index contributed by atoms with van der Waals surface area (Å²) in [5.41, 5.74) is 2.57. The second-order valence-corrected chi connectivity index (χ2v) is 6.65. The molecule has 1 aromatic heterocycles. The van der Waals surface area contributed by atoms with Gasteiger partial charge in [0.05, 0.1) is 12.6 Å². The molecule has 1 N–H and O–H groups in total. The van der Waals surface area contributed by atoms with Gasteiger partial charge in [0.2, 0.25) is 0 Å². The highest BCUT2D eigenvalue weighted by atomic mass is 32.2. The SMILES string of the molecule is C=CCSc1nnc(C2CCCN2)n1Cc1ccc(C)cc1. The maximum atomic E-state index is 4.46. The summed E-state index contributed by atoms with van der Waals surface area (Å²) in [5.74, 6) is 1.91. The van der Waals surface area contributed by atoms with Gasteiger partial charge < -0.3 is 9.88 Å². The molecule has 0 radical (unpaired) electrons. The highest BCUT2D eigenvalue weighted by Gasteiger charge is 2.24. The first-order valence-corrected chi connectivity index (χ1v) is 8.72. The van der Waals surface area contributed by atoms with E-state index in [1.807, 2.05) is 6.08 Å². The summed E-state index contributed by atoms with van der Waals surface area (Å²) in [4.78, 5) is 0. The van der Waals surface area contributed by atoms with Crippen LogP contribution in [0.3, 0.4) is 0 Å².